The Balaban J connectivity index is 1.50. The smallest absolute Gasteiger partial charge is 0.251 e. The molecule has 0 aliphatic heterocycles. The van der Waals surface area contributed by atoms with Gasteiger partial charge in [0.05, 0.1) is 0 Å². The summed E-state index contributed by atoms with van der Waals surface area (Å²) in [7, 11) is 0. The Hall–Kier alpha value is -2.35. The van der Waals surface area contributed by atoms with E-state index in [4.69, 9.17) is 0 Å². The molecule has 0 spiro atoms. The van der Waals surface area contributed by atoms with Crippen LogP contribution in [0, 0.1) is 11.8 Å². The van der Waals surface area contributed by atoms with Crippen LogP contribution in [0.3, 0.4) is 0 Å². The van der Waals surface area contributed by atoms with Crippen molar-refractivity contribution in [1.82, 2.24) is 5.32 Å². The molecule has 0 aromatic heterocycles. The molecule has 128 valence electrons. The summed E-state index contributed by atoms with van der Waals surface area (Å²) in [5, 5.41) is 7.89. The third-order valence-corrected chi connectivity index (χ3v) is 5.65. The van der Waals surface area contributed by atoms with E-state index in [-0.39, 0.29) is 5.91 Å². The summed E-state index contributed by atoms with van der Waals surface area (Å²) in [5.74, 6) is 1.54. The van der Waals surface area contributed by atoms with Crippen LogP contribution in [0.5, 0.6) is 0 Å². The standard InChI is InChI=1S/C23H25NO/c1-16-6-8-17(9-7-16)15-24-23(25)21-11-10-20-12-18-4-2-3-5-19(18)13-22(20)14-21/h2-5,10-14,16-17H,6-9,15H2,1H3,(H,24,25). The van der Waals surface area contributed by atoms with Gasteiger partial charge in [-0.2, -0.15) is 0 Å². The van der Waals surface area contributed by atoms with Crippen LogP contribution in [0.4, 0.5) is 0 Å². The maximum Gasteiger partial charge on any atom is 0.251 e. The molecule has 4 rings (SSSR count). The zero-order chi connectivity index (χ0) is 17.2. The molecule has 2 nitrogen and oxygen atoms in total. The molecule has 1 N–H and O–H groups in total. The van der Waals surface area contributed by atoms with Crippen LogP contribution in [-0.2, 0) is 0 Å². The predicted octanol–water partition coefficient (Wildman–Crippen LogP) is 5.55. The lowest BCUT2D eigenvalue weighted by atomic mass is 9.83. The zero-order valence-corrected chi connectivity index (χ0v) is 14.8. The second kappa shape index (κ2) is 6.87. The first kappa shape index (κ1) is 16.1. The highest BCUT2D eigenvalue weighted by atomic mass is 16.1. The number of carbonyl (C=O) groups is 1. The summed E-state index contributed by atoms with van der Waals surface area (Å²) in [4.78, 5) is 12.5. The highest BCUT2D eigenvalue weighted by Gasteiger charge is 2.19. The van der Waals surface area contributed by atoms with E-state index in [1.165, 1.54) is 41.8 Å². The summed E-state index contributed by atoms with van der Waals surface area (Å²) in [5.41, 5.74) is 0.756. The molecular weight excluding hydrogens is 306 g/mol. The Morgan fingerprint density at radius 2 is 1.52 bits per heavy atom. The van der Waals surface area contributed by atoms with Crippen molar-refractivity contribution in [2.24, 2.45) is 11.8 Å². The van der Waals surface area contributed by atoms with Gasteiger partial charge in [-0.15, -0.1) is 0 Å². The molecule has 0 saturated heterocycles. The van der Waals surface area contributed by atoms with Gasteiger partial charge in [0, 0.05) is 12.1 Å². The highest BCUT2D eigenvalue weighted by Crippen LogP contribution is 2.28. The molecule has 0 radical (unpaired) electrons. The van der Waals surface area contributed by atoms with E-state index in [0.717, 1.165) is 23.4 Å². The van der Waals surface area contributed by atoms with Crippen molar-refractivity contribution in [2.45, 2.75) is 32.6 Å². The van der Waals surface area contributed by atoms with Gasteiger partial charge in [0.2, 0.25) is 0 Å². The number of nitrogens with one attached hydrogen (secondary N) is 1. The molecule has 3 aromatic carbocycles. The Morgan fingerprint density at radius 3 is 2.24 bits per heavy atom. The molecule has 1 aliphatic rings. The lowest BCUT2D eigenvalue weighted by molar-refractivity contribution is 0.0942. The van der Waals surface area contributed by atoms with Crippen molar-refractivity contribution in [3.63, 3.8) is 0 Å². The predicted molar refractivity (Wildman–Crippen MR) is 105 cm³/mol. The average molecular weight is 331 g/mol. The molecule has 0 bridgehead atoms. The van der Waals surface area contributed by atoms with Gasteiger partial charge in [-0.25, -0.2) is 0 Å². The van der Waals surface area contributed by atoms with E-state index in [1.54, 1.807) is 0 Å². The topological polar surface area (TPSA) is 29.1 Å². The fourth-order valence-corrected chi connectivity index (χ4v) is 3.95. The van der Waals surface area contributed by atoms with Crippen LogP contribution in [0.1, 0.15) is 43.0 Å². The molecule has 1 aliphatic carbocycles. The van der Waals surface area contributed by atoms with E-state index in [0.29, 0.717) is 5.92 Å². The van der Waals surface area contributed by atoms with Gasteiger partial charge >= 0.3 is 0 Å². The second-order valence-electron chi connectivity index (χ2n) is 7.60. The van der Waals surface area contributed by atoms with E-state index in [2.05, 4.69) is 54.7 Å². The Bertz CT molecular complexity index is 906. The van der Waals surface area contributed by atoms with Crippen molar-refractivity contribution >= 4 is 27.5 Å². The summed E-state index contributed by atoms with van der Waals surface area (Å²) in [6, 6.07) is 18.7. The summed E-state index contributed by atoms with van der Waals surface area (Å²) in [6.07, 6.45) is 5.07. The number of fused-ring (bicyclic) bond motifs is 2. The maximum atomic E-state index is 12.5. The first-order valence-electron chi connectivity index (χ1n) is 9.40. The fourth-order valence-electron chi connectivity index (χ4n) is 3.95. The van der Waals surface area contributed by atoms with Crippen LogP contribution in [0.2, 0.25) is 0 Å². The lowest BCUT2D eigenvalue weighted by Crippen LogP contribution is -2.31. The normalized spacial score (nSPS) is 20.7. The van der Waals surface area contributed by atoms with E-state index >= 15 is 0 Å². The first-order valence-corrected chi connectivity index (χ1v) is 9.40. The number of hydrogen-bond donors (Lipinski definition) is 1. The number of carbonyl (C=O) groups excluding carboxylic acids is 1. The third kappa shape index (κ3) is 3.53. The van der Waals surface area contributed by atoms with Gasteiger partial charge in [0.25, 0.3) is 5.91 Å². The van der Waals surface area contributed by atoms with Crippen LogP contribution < -0.4 is 5.32 Å². The summed E-state index contributed by atoms with van der Waals surface area (Å²) >= 11 is 0. The first-order chi connectivity index (χ1) is 12.2. The quantitative estimate of drug-likeness (QED) is 0.626. The minimum absolute atomic E-state index is 0.0497. The van der Waals surface area contributed by atoms with Crippen molar-refractivity contribution in [3.8, 4) is 0 Å². The molecule has 1 saturated carbocycles. The van der Waals surface area contributed by atoms with Crippen molar-refractivity contribution in [1.29, 1.82) is 0 Å². The molecule has 0 atom stereocenters. The summed E-state index contributed by atoms with van der Waals surface area (Å²) < 4.78 is 0. The van der Waals surface area contributed by atoms with E-state index < -0.39 is 0 Å². The third-order valence-electron chi connectivity index (χ3n) is 5.65. The van der Waals surface area contributed by atoms with E-state index in [1.807, 2.05) is 12.1 Å². The number of rotatable bonds is 3. The molecule has 1 fully saturated rings. The monoisotopic (exact) mass is 331 g/mol. The maximum absolute atomic E-state index is 12.5. The van der Waals surface area contributed by atoms with Gasteiger partial charge in [-0.3, -0.25) is 4.79 Å². The molecule has 1 amide bonds. The molecule has 3 aromatic rings. The van der Waals surface area contributed by atoms with Crippen LogP contribution in [-0.4, -0.2) is 12.5 Å². The van der Waals surface area contributed by atoms with Crippen LogP contribution in [0.25, 0.3) is 21.5 Å². The number of hydrogen-bond acceptors (Lipinski definition) is 1. The Morgan fingerprint density at radius 1 is 0.880 bits per heavy atom. The van der Waals surface area contributed by atoms with Gasteiger partial charge in [-0.1, -0.05) is 50.1 Å². The lowest BCUT2D eigenvalue weighted by Gasteiger charge is -2.26. The molecule has 25 heavy (non-hydrogen) atoms. The fraction of sp³-hybridized carbons (Fsp3) is 0.348. The van der Waals surface area contributed by atoms with Crippen molar-refractivity contribution in [3.05, 3.63) is 60.2 Å². The van der Waals surface area contributed by atoms with Gasteiger partial charge in [0.1, 0.15) is 0 Å². The van der Waals surface area contributed by atoms with Crippen molar-refractivity contribution < 1.29 is 4.79 Å². The average Bonchev–Trinajstić information content (AvgIpc) is 2.65. The minimum Gasteiger partial charge on any atom is -0.352 e. The highest BCUT2D eigenvalue weighted by molar-refractivity contribution is 6.02. The largest absolute Gasteiger partial charge is 0.352 e. The number of amides is 1. The van der Waals surface area contributed by atoms with Crippen LogP contribution in [0.15, 0.2) is 54.6 Å². The van der Waals surface area contributed by atoms with Crippen LogP contribution >= 0.6 is 0 Å². The van der Waals surface area contributed by atoms with Crippen molar-refractivity contribution in [2.75, 3.05) is 6.54 Å². The zero-order valence-electron chi connectivity index (χ0n) is 14.8. The Kier molecular flexibility index (Phi) is 4.44. The molecule has 2 heteroatoms. The van der Waals surface area contributed by atoms with Gasteiger partial charge < -0.3 is 5.32 Å². The van der Waals surface area contributed by atoms with Gasteiger partial charge in [-0.05, 0) is 70.5 Å². The van der Waals surface area contributed by atoms with E-state index in [9.17, 15) is 4.79 Å². The summed E-state index contributed by atoms with van der Waals surface area (Å²) in [6.45, 7) is 3.13. The Labute approximate surface area is 149 Å². The minimum atomic E-state index is 0.0497. The van der Waals surface area contributed by atoms with Gasteiger partial charge in [0.15, 0.2) is 0 Å². The molecular formula is C23H25NO. The molecule has 0 heterocycles. The molecule has 0 unspecified atom stereocenters. The number of benzene rings is 3. The SMILES string of the molecule is CC1CCC(CNC(=O)c2ccc3cc4ccccc4cc3c2)CC1. The second-order valence-corrected chi connectivity index (χ2v) is 7.60.